The molecule has 1 aromatic heterocycles. The van der Waals surface area contributed by atoms with Crippen molar-refractivity contribution in [2.24, 2.45) is 5.73 Å². The van der Waals surface area contributed by atoms with Crippen molar-refractivity contribution < 1.29 is 4.79 Å². The Hall–Kier alpha value is -0.830. The topological polar surface area (TPSA) is 43.1 Å². The van der Waals surface area contributed by atoms with Gasteiger partial charge in [-0.05, 0) is 37.2 Å². The molecule has 2 rings (SSSR count). The van der Waals surface area contributed by atoms with E-state index in [0.29, 0.717) is 5.92 Å². The third-order valence-electron chi connectivity index (χ3n) is 2.97. The molecule has 1 heterocycles. The van der Waals surface area contributed by atoms with E-state index in [1.807, 2.05) is 0 Å². The van der Waals surface area contributed by atoms with Crippen LogP contribution in [0.2, 0.25) is 0 Å². The zero-order valence-corrected chi connectivity index (χ0v) is 10.1. The summed E-state index contributed by atoms with van der Waals surface area (Å²) in [5.74, 6) is 0.168. The first-order chi connectivity index (χ1) is 7.11. The third-order valence-corrected chi connectivity index (χ3v) is 4.56. The van der Waals surface area contributed by atoms with Gasteiger partial charge < -0.3 is 5.73 Å². The molecule has 1 aliphatic rings. The summed E-state index contributed by atoms with van der Waals surface area (Å²) in [4.78, 5) is 14.1. The molecule has 15 heavy (non-hydrogen) atoms. The molecule has 1 aromatic rings. The smallest absolute Gasteiger partial charge is 0.250 e. The Morgan fingerprint density at radius 2 is 2.00 bits per heavy atom. The Morgan fingerprint density at radius 3 is 2.60 bits per heavy atom. The second kappa shape index (κ2) is 3.97. The Balaban J connectivity index is 2.56. The van der Waals surface area contributed by atoms with Crippen LogP contribution >= 0.6 is 11.3 Å². The van der Waals surface area contributed by atoms with E-state index in [-0.39, 0.29) is 5.91 Å². The molecule has 2 N–H and O–H groups in total. The van der Waals surface area contributed by atoms with Gasteiger partial charge in [0.15, 0.2) is 0 Å². The quantitative estimate of drug-likeness (QED) is 0.823. The van der Waals surface area contributed by atoms with E-state index in [2.05, 4.69) is 13.8 Å². The minimum atomic E-state index is -0.238. The van der Waals surface area contributed by atoms with Crippen LogP contribution in [0.3, 0.4) is 0 Å². The standard InChI is InChI=1S/C12H17NOS/c1-7(2)11-10(12(13)14)8-5-3-4-6-9(8)15-11/h7H,3-6H2,1-2H3,(H2,13,14). The summed E-state index contributed by atoms with van der Waals surface area (Å²) in [7, 11) is 0. The van der Waals surface area contributed by atoms with Gasteiger partial charge >= 0.3 is 0 Å². The number of carbonyl (C=O) groups excluding carboxylic acids is 1. The van der Waals surface area contributed by atoms with Crippen LogP contribution in [-0.2, 0) is 12.8 Å². The van der Waals surface area contributed by atoms with Gasteiger partial charge in [-0.1, -0.05) is 13.8 Å². The molecule has 0 aliphatic heterocycles. The summed E-state index contributed by atoms with van der Waals surface area (Å²) >= 11 is 1.80. The van der Waals surface area contributed by atoms with Crippen LogP contribution < -0.4 is 5.73 Å². The highest BCUT2D eigenvalue weighted by molar-refractivity contribution is 7.12. The van der Waals surface area contributed by atoms with E-state index in [0.717, 1.165) is 18.4 Å². The van der Waals surface area contributed by atoms with Gasteiger partial charge in [0.25, 0.3) is 0 Å². The van der Waals surface area contributed by atoms with E-state index in [9.17, 15) is 4.79 Å². The molecular formula is C12H17NOS. The second-order valence-electron chi connectivity index (χ2n) is 4.47. The molecule has 0 unspecified atom stereocenters. The van der Waals surface area contributed by atoms with E-state index in [1.165, 1.54) is 28.2 Å². The number of aryl methyl sites for hydroxylation is 1. The number of primary amides is 1. The molecular weight excluding hydrogens is 206 g/mol. The number of amides is 1. The van der Waals surface area contributed by atoms with E-state index in [4.69, 9.17) is 5.73 Å². The van der Waals surface area contributed by atoms with Crippen LogP contribution in [0.15, 0.2) is 0 Å². The average Bonchev–Trinajstić information content (AvgIpc) is 2.56. The lowest BCUT2D eigenvalue weighted by molar-refractivity contribution is 0.0998. The minimum absolute atomic E-state index is 0.238. The van der Waals surface area contributed by atoms with Crippen molar-refractivity contribution in [1.29, 1.82) is 0 Å². The van der Waals surface area contributed by atoms with Crippen molar-refractivity contribution >= 4 is 17.2 Å². The molecule has 0 radical (unpaired) electrons. The fourth-order valence-corrected chi connectivity index (χ4v) is 3.66. The zero-order chi connectivity index (χ0) is 11.0. The predicted molar refractivity (Wildman–Crippen MR) is 63.6 cm³/mol. The van der Waals surface area contributed by atoms with Gasteiger partial charge in [0.05, 0.1) is 5.56 Å². The van der Waals surface area contributed by atoms with Crippen LogP contribution in [0.1, 0.15) is 58.3 Å². The lowest BCUT2D eigenvalue weighted by atomic mass is 9.93. The molecule has 1 aliphatic carbocycles. The normalized spacial score (nSPS) is 15.4. The molecule has 0 fully saturated rings. The number of thiophene rings is 1. The Morgan fingerprint density at radius 1 is 1.33 bits per heavy atom. The first-order valence-electron chi connectivity index (χ1n) is 5.55. The van der Waals surface area contributed by atoms with Gasteiger partial charge in [-0.25, -0.2) is 0 Å². The monoisotopic (exact) mass is 223 g/mol. The number of fused-ring (bicyclic) bond motifs is 1. The van der Waals surface area contributed by atoms with Crippen LogP contribution in [0, 0.1) is 0 Å². The minimum Gasteiger partial charge on any atom is -0.366 e. The van der Waals surface area contributed by atoms with E-state index < -0.39 is 0 Å². The lowest BCUT2D eigenvalue weighted by Crippen LogP contribution is -2.16. The van der Waals surface area contributed by atoms with Crippen LogP contribution in [-0.4, -0.2) is 5.91 Å². The average molecular weight is 223 g/mol. The number of nitrogens with two attached hydrogens (primary N) is 1. The predicted octanol–water partition coefficient (Wildman–Crippen LogP) is 2.85. The van der Waals surface area contributed by atoms with Gasteiger partial charge in [-0.2, -0.15) is 0 Å². The largest absolute Gasteiger partial charge is 0.366 e. The zero-order valence-electron chi connectivity index (χ0n) is 9.30. The Bertz CT molecular complexity index is 393. The highest BCUT2D eigenvalue weighted by atomic mass is 32.1. The van der Waals surface area contributed by atoms with Crippen molar-refractivity contribution in [1.82, 2.24) is 0 Å². The van der Waals surface area contributed by atoms with E-state index >= 15 is 0 Å². The van der Waals surface area contributed by atoms with Gasteiger partial charge in [-0.15, -0.1) is 11.3 Å². The van der Waals surface area contributed by atoms with Crippen LogP contribution in [0.5, 0.6) is 0 Å². The first-order valence-corrected chi connectivity index (χ1v) is 6.37. The molecule has 0 saturated heterocycles. The lowest BCUT2D eigenvalue weighted by Gasteiger charge is -2.11. The third kappa shape index (κ3) is 1.81. The molecule has 1 amide bonds. The highest BCUT2D eigenvalue weighted by Gasteiger charge is 2.24. The molecule has 2 nitrogen and oxygen atoms in total. The fraction of sp³-hybridized carbons (Fsp3) is 0.583. The molecule has 3 heteroatoms. The molecule has 0 bridgehead atoms. The second-order valence-corrected chi connectivity index (χ2v) is 5.61. The molecule has 82 valence electrons. The highest BCUT2D eigenvalue weighted by Crippen LogP contribution is 2.37. The summed E-state index contributed by atoms with van der Waals surface area (Å²) in [5.41, 5.74) is 7.58. The van der Waals surface area contributed by atoms with Crippen LogP contribution in [0.25, 0.3) is 0 Å². The molecule has 0 atom stereocenters. The van der Waals surface area contributed by atoms with Crippen molar-refractivity contribution in [3.05, 3.63) is 20.9 Å². The number of carbonyl (C=O) groups is 1. The van der Waals surface area contributed by atoms with Gasteiger partial charge in [0.2, 0.25) is 5.91 Å². The summed E-state index contributed by atoms with van der Waals surface area (Å²) in [6.07, 6.45) is 4.62. The fourth-order valence-electron chi connectivity index (χ4n) is 2.26. The maximum absolute atomic E-state index is 11.5. The summed E-state index contributed by atoms with van der Waals surface area (Å²) in [6, 6.07) is 0. The Labute approximate surface area is 94.5 Å². The van der Waals surface area contributed by atoms with Crippen molar-refractivity contribution in [2.75, 3.05) is 0 Å². The van der Waals surface area contributed by atoms with E-state index in [1.54, 1.807) is 11.3 Å². The molecule has 0 saturated carbocycles. The Kier molecular flexibility index (Phi) is 2.83. The van der Waals surface area contributed by atoms with Gasteiger partial charge in [-0.3, -0.25) is 4.79 Å². The first kappa shape index (κ1) is 10.7. The molecule has 0 aromatic carbocycles. The molecule has 0 spiro atoms. The van der Waals surface area contributed by atoms with Gasteiger partial charge in [0, 0.05) is 9.75 Å². The SMILES string of the molecule is CC(C)c1sc2c(c1C(N)=O)CCCC2. The summed E-state index contributed by atoms with van der Waals surface area (Å²) in [5, 5.41) is 0. The number of hydrogen-bond acceptors (Lipinski definition) is 2. The maximum atomic E-state index is 11.5. The van der Waals surface area contributed by atoms with Gasteiger partial charge in [0.1, 0.15) is 0 Å². The van der Waals surface area contributed by atoms with Crippen LogP contribution in [0.4, 0.5) is 0 Å². The summed E-state index contributed by atoms with van der Waals surface area (Å²) in [6.45, 7) is 4.26. The number of hydrogen-bond donors (Lipinski definition) is 1. The number of rotatable bonds is 2. The maximum Gasteiger partial charge on any atom is 0.250 e. The summed E-state index contributed by atoms with van der Waals surface area (Å²) < 4.78 is 0. The van der Waals surface area contributed by atoms with Crippen molar-refractivity contribution in [2.45, 2.75) is 45.4 Å². The van der Waals surface area contributed by atoms with Crippen molar-refractivity contribution in [3.8, 4) is 0 Å². The van der Waals surface area contributed by atoms with Crippen molar-refractivity contribution in [3.63, 3.8) is 0 Å².